The molecule has 0 aromatic heterocycles. The maximum absolute atomic E-state index is 11.9. The number of ketones is 1. The van der Waals surface area contributed by atoms with Crippen LogP contribution in [0.1, 0.15) is 51.9 Å². The number of carbonyl (C=O) groups excluding carboxylic acids is 1. The van der Waals surface area contributed by atoms with E-state index in [1.165, 1.54) is 25.7 Å². The average Bonchev–Trinajstić information content (AvgIpc) is 2.87. The summed E-state index contributed by atoms with van der Waals surface area (Å²) in [5, 5.41) is 0. The summed E-state index contributed by atoms with van der Waals surface area (Å²) >= 11 is 0. The number of nitrogens with two attached hydrogens (primary N) is 1. The zero-order valence-electron chi connectivity index (χ0n) is 10.5. The van der Waals surface area contributed by atoms with Crippen LogP contribution in [-0.4, -0.2) is 12.3 Å². The van der Waals surface area contributed by atoms with Crippen molar-refractivity contribution in [3.63, 3.8) is 0 Å². The Kier molecular flexibility index (Phi) is 4.01. The quantitative estimate of drug-likeness (QED) is 0.752. The Hall–Kier alpha value is -0.370. The van der Waals surface area contributed by atoms with Crippen LogP contribution < -0.4 is 5.73 Å². The predicted molar refractivity (Wildman–Crippen MR) is 66.0 cm³/mol. The molecule has 0 aromatic rings. The van der Waals surface area contributed by atoms with Crippen LogP contribution in [0.4, 0.5) is 0 Å². The summed E-state index contributed by atoms with van der Waals surface area (Å²) < 4.78 is 0. The molecule has 2 nitrogen and oxygen atoms in total. The number of hydrogen-bond acceptors (Lipinski definition) is 2. The summed E-state index contributed by atoms with van der Waals surface area (Å²) in [6.07, 6.45) is 8.16. The molecule has 4 unspecified atom stereocenters. The normalized spacial score (nSPS) is 34.2. The van der Waals surface area contributed by atoms with E-state index in [2.05, 4.69) is 6.92 Å². The Morgan fingerprint density at radius 1 is 1.38 bits per heavy atom. The zero-order valence-corrected chi connectivity index (χ0v) is 10.5. The van der Waals surface area contributed by atoms with Gasteiger partial charge in [-0.3, -0.25) is 4.79 Å². The first-order valence-electron chi connectivity index (χ1n) is 6.94. The Bertz CT molecular complexity index is 247. The van der Waals surface area contributed by atoms with E-state index in [0.29, 0.717) is 18.2 Å². The Morgan fingerprint density at radius 3 is 2.69 bits per heavy atom. The lowest BCUT2D eigenvalue weighted by atomic mass is 9.83. The second-order valence-electron chi connectivity index (χ2n) is 5.89. The molecule has 0 spiro atoms. The molecule has 2 bridgehead atoms. The van der Waals surface area contributed by atoms with Gasteiger partial charge in [0.05, 0.1) is 0 Å². The Balaban J connectivity index is 1.75. The standard InChI is InChI=1S/C14H25NO/c1-2-10(9-15)7-14(16)8-13-6-11-3-4-12(13)5-11/h10-13H,2-9,15H2,1H3. The van der Waals surface area contributed by atoms with E-state index < -0.39 is 0 Å². The van der Waals surface area contributed by atoms with Crippen molar-refractivity contribution in [2.75, 3.05) is 6.54 Å². The molecule has 0 heterocycles. The van der Waals surface area contributed by atoms with Crippen molar-refractivity contribution in [3.05, 3.63) is 0 Å². The van der Waals surface area contributed by atoms with Gasteiger partial charge in [-0.1, -0.05) is 19.8 Å². The third-order valence-corrected chi connectivity index (χ3v) is 4.80. The minimum atomic E-state index is 0.422. The summed E-state index contributed by atoms with van der Waals surface area (Å²) in [6, 6.07) is 0. The van der Waals surface area contributed by atoms with Crippen LogP contribution in [0, 0.1) is 23.7 Å². The number of hydrogen-bond donors (Lipinski definition) is 1. The van der Waals surface area contributed by atoms with Crippen LogP contribution in [0.3, 0.4) is 0 Å². The third-order valence-electron chi connectivity index (χ3n) is 4.80. The molecule has 4 atom stereocenters. The van der Waals surface area contributed by atoms with Crippen molar-refractivity contribution >= 4 is 5.78 Å². The van der Waals surface area contributed by atoms with Crippen molar-refractivity contribution in [3.8, 4) is 0 Å². The molecule has 0 saturated heterocycles. The van der Waals surface area contributed by atoms with Crippen LogP contribution in [0.25, 0.3) is 0 Å². The number of carbonyl (C=O) groups is 1. The van der Waals surface area contributed by atoms with Gasteiger partial charge in [-0.25, -0.2) is 0 Å². The Labute approximate surface area is 99.0 Å². The lowest BCUT2D eigenvalue weighted by molar-refractivity contribution is -0.121. The molecule has 92 valence electrons. The van der Waals surface area contributed by atoms with Gasteiger partial charge in [-0.2, -0.15) is 0 Å². The molecule has 2 aliphatic rings. The number of fused-ring (bicyclic) bond motifs is 2. The largest absolute Gasteiger partial charge is 0.330 e. The Morgan fingerprint density at radius 2 is 2.19 bits per heavy atom. The molecule has 2 saturated carbocycles. The second-order valence-corrected chi connectivity index (χ2v) is 5.89. The molecule has 2 aliphatic carbocycles. The SMILES string of the molecule is CCC(CN)CC(=O)CC1CC2CCC1C2. The molecule has 0 aliphatic heterocycles. The van der Waals surface area contributed by atoms with Gasteiger partial charge in [0.15, 0.2) is 0 Å². The maximum atomic E-state index is 11.9. The van der Waals surface area contributed by atoms with Gasteiger partial charge < -0.3 is 5.73 Å². The fourth-order valence-corrected chi connectivity index (χ4v) is 3.72. The van der Waals surface area contributed by atoms with Gasteiger partial charge in [0.25, 0.3) is 0 Å². The topological polar surface area (TPSA) is 43.1 Å². The van der Waals surface area contributed by atoms with Gasteiger partial charge in [-0.05, 0) is 49.5 Å². The maximum Gasteiger partial charge on any atom is 0.133 e. The minimum Gasteiger partial charge on any atom is -0.330 e. The van der Waals surface area contributed by atoms with E-state index in [1.807, 2.05) is 0 Å². The first-order valence-corrected chi connectivity index (χ1v) is 6.94. The van der Waals surface area contributed by atoms with Crippen molar-refractivity contribution < 1.29 is 4.79 Å². The predicted octanol–water partition coefficient (Wildman–Crippen LogP) is 2.76. The second kappa shape index (κ2) is 5.31. The molecule has 0 aromatic carbocycles. The van der Waals surface area contributed by atoms with E-state index in [9.17, 15) is 4.79 Å². The number of Topliss-reactive ketones (excluding diaryl/α,β-unsaturated/α-hetero) is 1. The lowest BCUT2D eigenvalue weighted by Gasteiger charge is -2.21. The van der Waals surface area contributed by atoms with Crippen LogP contribution >= 0.6 is 0 Å². The molecule has 0 radical (unpaired) electrons. The van der Waals surface area contributed by atoms with Crippen LogP contribution in [0.15, 0.2) is 0 Å². The lowest BCUT2D eigenvalue weighted by Crippen LogP contribution is -2.21. The minimum absolute atomic E-state index is 0.422. The molecule has 0 amide bonds. The number of rotatable bonds is 6. The molecule has 2 heteroatoms. The highest BCUT2D eigenvalue weighted by Gasteiger charge is 2.39. The molecule has 2 fully saturated rings. The van der Waals surface area contributed by atoms with Crippen molar-refractivity contribution in [1.82, 2.24) is 0 Å². The molecule has 2 N–H and O–H groups in total. The summed E-state index contributed by atoms with van der Waals surface area (Å²) in [4.78, 5) is 11.9. The van der Waals surface area contributed by atoms with Crippen molar-refractivity contribution in [1.29, 1.82) is 0 Å². The van der Waals surface area contributed by atoms with Gasteiger partial charge in [0.2, 0.25) is 0 Å². The smallest absolute Gasteiger partial charge is 0.133 e. The van der Waals surface area contributed by atoms with E-state index >= 15 is 0 Å². The van der Waals surface area contributed by atoms with Crippen LogP contribution in [-0.2, 0) is 4.79 Å². The van der Waals surface area contributed by atoms with Crippen molar-refractivity contribution in [2.24, 2.45) is 29.4 Å². The molecule has 2 rings (SSSR count). The summed E-state index contributed by atoms with van der Waals surface area (Å²) in [6.45, 7) is 2.79. The summed E-state index contributed by atoms with van der Waals surface area (Å²) in [5.74, 6) is 3.45. The summed E-state index contributed by atoms with van der Waals surface area (Å²) in [7, 11) is 0. The molecular weight excluding hydrogens is 198 g/mol. The molecular formula is C14H25NO. The van der Waals surface area contributed by atoms with E-state index in [-0.39, 0.29) is 0 Å². The van der Waals surface area contributed by atoms with Gasteiger partial charge in [0, 0.05) is 12.8 Å². The monoisotopic (exact) mass is 223 g/mol. The fraction of sp³-hybridized carbons (Fsp3) is 0.929. The zero-order chi connectivity index (χ0) is 11.5. The van der Waals surface area contributed by atoms with Gasteiger partial charge in [-0.15, -0.1) is 0 Å². The highest BCUT2D eigenvalue weighted by molar-refractivity contribution is 5.79. The fourth-order valence-electron chi connectivity index (χ4n) is 3.72. The van der Waals surface area contributed by atoms with Crippen LogP contribution in [0.2, 0.25) is 0 Å². The first-order chi connectivity index (χ1) is 7.72. The van der Waals surface area contributed by atoms with E-state index in [0.717, 1.165) is 37.0 Å². The molecule has 16 heavy (non-hydrogen) atoms. The first kappa shape index (κ1) is 12.1. The van der Waals surface area contributed by atoms with E-state index in [1.54, 1.807) is 0 Å². The highest BCUT2D eigenvalue weighted by Crippen LogP contribution is 2.49. The average molecular weight is 223 g/mol. The van der Waals surface area contributed by atoms with Crippen molar-refractivity contribution in [2.45, 2.75) is 51.9 Å². The van der Waals surface area contributed by atoms with Gasteiger partial charge >= 0.3 is 0 Å². The van der Waals surface area contributed by atoms with Gasteiger partial charge in [0.1, 0.15) is 5.78 Å². The summed E-state index contributed by atoms with van der Waals surface area (Å²) in [5.41, 5.74) is 5.65. The highest BCUT2D eigenvalue weighted by atomic mass is 16.1. The van der Waals surface area contributed by atoms with E-state index in [4.69, 9.17) is 5.73 Å². The third kappa shape index (κ3) is 2.65. The van der Waals surface area contributed by atoms with Crippen LogP contribution in [0.5, 0.6) is 0 Å².